The summed E-state index contributed by atoms with van der Waals surface area (Å²) in [6.45, 7) is 10.3. The van der Waals surface area contributed by atoms with E-state index in [-0.39, 0.29) is 11.9 Å². The molecule has 1 aromatic heterocycles. The number of benzene rings is 2. The summed E-state index contributed by atoms with van der Waals surface area (Å²) in [5, 5.41) is 9.21. The monoisotopic (exact) mass is 480 g/mol. The highest BCUT2D eigenvalue weighted by Crippen LogP contribution is 2.25. The lowest BCUT2D eigenvalue weighted by Gasteiger charge is -2.38. The SMILES string of the molecule is Cc1ccc(C(=O)N(Cc2ccc(-c3cccc(C#N)c3)cc2)C2CCN(CCC(C)C)CC2)nc1. The third kappa shape index (κ3) is 6.59. The van der Waals surface area contributed by atoms with Gasteiger partial charge in [-0.25, -0.2) is 0 Å². The molecule has 0 aliphatic carbocycles. The molecule has 0 unspecified atom stereocenters. The van der Waals surface area contributed by atoms with E-state index in [0.29, 0.717) is 23.7 Å². The number of nitrogens with zero attached hydrogens (tertiary/aromatic N) is 4. The molecular weight excluding hydrogens is 444 g/mol. The quantitative estimate of drug-likeness (QED) is 0.392. The summed E-state index contributed by atoms with van der Waals surface area (Å²) in [5.41, 5.74) is 5.38. The van der Waals surface area contributed by atoms with Crippen molar-refractivity contribution in [3.05, 3.63) is 89.2 Å². The summed E-state index contributed by atoms with van der Waals surface area (Å²) in [6.07, 6.45) is 4.94. The summed E-state index contributed by atoms with van der Waals surface area (Å²) < 4.78 is 0. The van der Waals surface area contributed by atoms with Crippen LogP contribution in [0.25, 0.3) is 11.1 Å². The topological polar surface area (TPSA) is 60.2 Å². The van der Waals surface area contributed by atoms with Crippen molar-refractivity contribution in [3.63, 3.8) is 0 Å². The average Bonchev–Trinajstić information content (AvgIpc) is 2.91. The van der Waals surface area contributed by atoms with Crippen LogP contribution >= 0.6 is 0 Å². The first-order chi connectivity index (χ1) is 17.4. The Hall–Kier alpha value is -3.49. The number of carbonyl (C=O) groups excluding carboxylic acids is 1. The maximum Gasteiger partial charge on any atom is 0.272 e. The average molecular weight is 481 g/mol. The highest BCUT2D eigenvalue weighted by atomic mass is 16.2. The van der Waals surface area contributed by atoms with Crippen LogP contribution < -0.4 is 0 Å². The van der Waals surface area contributed by atoms with E-state index in [0.717, 1.165) is 54.7 Å². The van der Waals surface area contributed by atoms with Gasteiger partial charge in [-0.05, 0) is 79.1 Å². The molecule has 1 saturated heterocycles. The number of rotatable bonds is 8. The van der Waals surface area contributed by atoms with E-state index in [2.05, 4.69) is 54.1 Å². The summed E-state index contributed by atoms with van der Waals surface area (Å²) in [7, 11) is 0. The zero-order chi connectivity index (χ0) is 25.5. The van der Waals surface area contributed by atoms with Gasteiger partial charge >= 0.3 is 0 Å². The first-order valence-corrected chi connectivity index (χ1v) is 13.0. The largest absolute Gasteiger partial charge is 0.330 e. The molecule has 1 amide bonds. The molecule has 1 aliphatic rings. The predicted molar refractivity (Wildman–Crippen MR) is 144 cm³/mol. The summed E-state index contributed by atoms with van der Waals surface area (Å²) >= 11 is 0. The van der Waals surface area contributed by atoms with Crippen LogP contribution in [0.2, 0.25) is 0 Å². The minimum absolute atomic E-state index is 0.00132. The van der Waals surface area contributed by atoms with Crippen molar-refractivity contribution < 1.29 is 4.79 Å². The van der Waals surface area contributed by atoms with Crippen LogP contribution in [0.15, 0.2) is 66.9 Å². The fraction of sp³-hybridized carbons (Fsp3) is 0.387. The minimum Gasteiger partial charge on any atom is -0.330 e. The van der Waals surface area contributed by atoms with Crippen molar-refractivity contribution in [2.75, 3.05) is 19.6 Å². The van der Waals surface area contributed by atoms with Crippen LogP contribution in [0.5, 0.6) is 0 Å². The molecule has 36 heavy (non-hydrogen) atoms. The molecule has 3 aromatic rings. The van der Waals surface area contributed by atoms with E-state index in [9.17, 15) is 10.1 Å². The molecule has 0 atom stereocenters. The molecule has 0 saturated carbocycles. The second-order valence-corrected chi connectivity index (χ2v) is 10.3. The highest BCUT2D eigenvalue weighted by Gasteiger charge is 2.29. The van der Waals surface area contributed by atoms with Crippen molar-refractivity contribution in [1.82, 2.24) is 14.8 Å². The van der Waals surface area contributed by atoms with Crippen molar-refractivity contribution in [3.8, 4) is 17.2 Å². The van der Waals surface area contributed by atoms with Crippen molar-refractivity contribution >= 4 is 5.91 Å². The molecule has 0 spiro atoms. The van der Waals surface area contributed by atoms with Crippen molar-refractivity contribution in [2.45, 2.75) is 52.6 Å². The number of hydrogen-bond acceptors (Lipinski definition) is 4. The number of carbonyl (C=O) groups is 1. The van der Waals surface area contributed by atoms with E-state index in [4.69, 9.17) is 0 Å². The molecule has 4 rings (SSSR count). The lowest BCUT2D eigenvalue weighted by Crippen LogP contribution is -2.47. The number of pyridine rings is 1. The third-order valence-corrected chi connectivity index (χ3v) is 7.04. The maximum atomic E-state index is 13.6. The standard InChI is InChI=1S/C31H36N4O/c1-23(2)13-16-34-17-14-29(15-18-34)35(31(36)30-12-7-24(3)21-33-30)22-25-8-10-27(11-9-25)28-6-4-5-26(19-28)20-32/h4-12,19,21,23,29H,13-18,22H2,1-3H3. The second kappa shape index (κ2) is 12.0. The maximum absolute atomic E-state index is 13.6. The Morgan fingerprint density at radius 1 is 1.08 bits per heavy atom. The van der Waals surface area contributed by atoms with Gasteiger partial charge in [-0.3, -0.25) is 9.78 Å². The van der Waals surface area contributed by atoms with Gasteiger partial charge in [-0.2, -0.15) is 5.26 Å². The summed E-state index contributed by atoms with van der Waals surface area (Å²) in [4.78, 5) is 22.6. The second-order valence-electron chi connectivity index (χ2n) is 10.3. The lowest BCUT2D eigenvalue weighted by atomic mass is 9.99. The fourth-order valence-corrected chi connectivity index (χ4v) is 4.77. The van der Waals surface area contributed by atoms with E-state index in [1.807, 2.05) is 48.2 Å². The van der Waals surface area contributed by atoms with Crippen LogP contribution in [0.1, 0.15) is 60.3 Å². The van der Waals surface area contributed by atoms with Crippen LogP contribution in [0.4, 0.5) is 0 Å². The zero-order valence-corrected chi connectivity index (χ0v) is 21.7. The number of hydrogen-bond donors (Lipinski definition) is 0. The van der Waals surface area contributed by atoms with E-state index < -0.39 is 0 Å². The molecule has 0 radical (unpaired) electrons. The lowest BCUT2D eigenvalue weighted by molar-refractivity contribution is 0.0540. The van der Waals surface area contributed by atoms with Crippen LogP contribution in [0.3, 0.4) is 0 Å². The van der Waals surface area contributed by atoms with Gasteiger partial charge in [0.1, 0.15) is 5.69 Å². The third-order valence-electron chi connectivity index (χ3n) is 7.04. The summed E-state index contributed by atoms with van der Waals surface area (Å²) in [6, 6.07) is 22.2. The number of aromatic nitrogens is 1. The van der Waals surface area contributed by atoms with Gasteiger partial charge in [0.25, 0.3) is 5.91 Å². The first kappa shape index (κ1) is 25.6. The van der Waals surface area contributed by atoms with Gasteiger partial charge in [-0.15, -0.1) is 0 Å². The Balaban J connectivity index is 1.51. The van der Waals surface area contributed by atoms with Crippen LogP contribution in [-0.4, -0.2) is 46.4 Å². The number of likely N-dealkylation sites (tertiary alicyclic amines) is 1. The molecule has 5 heteroatoms. The smallest absolute Gasteiger partial charge is 0.272 e. The Labute approximate surface area is 215 Å². The Kier molecular flexibility index (Phi) is 8.51. The van der Waals surface area contributed by atoms with E-state index in [1.54, 1.807) is 6.20 Å². The van der Waals surface area contributed by atoms with E-state index in [1.165, 1.54) is 6.42 Å². The fourth-order valence-electron chi connectivity index (χ4n) is 4.77. The van der Waals surface area contributed by atoms with Gasteiger partial charge in [0, 0.05) is 31.9 Å². The normalized spacial score (nSPS) is 14.5. The Morgan fingerprint density at radius 2 is 1.83 bits per heavy atom. The van der Waals surface area contributed by atoms with E-state index >= 15 is 0 Å². The molecule has 1 fully saturated rings. The number of amides is 1. The molecule has 0 N–H and O–H groups in total. The van der Waals surface area contributed by atoms with Crippen molar-refractivity contribution in [2.24, 2.45) is 5.92 Å². The van der Waals surface area contributed by atoms with Crippen LogP contribution in [-0.2, 0) is 6.54 Å². The molecule has 5 nitrogen and oxygen atoms in total. The summed E-state index contributed by atoms with van der Waals surface area (Å²) in [5.74, 6) is 0.709. The molecule has 2 heterocycles. The molecule has 0 bridgehead atoms. The minimum atomic E-state index is 0.00132. The van der Waals surface area contributed by atoms with Gasteiger partial charge in [0.15, 0.2) is 0 Å². The number of piperidine rings is 1. The van der Waals surface area contributed by atoms with Gasteiger partial charge in [-0.1, -0.05) is 56.3 Å². The van der Waals surface area contributed by atoms with Gasteiger partial charge in [0.05, 0.1) is 11.6 Å². The van der Waals surface area contributed by atoms with Crippen molar-refractivity contribution in [1.29, 1.82) is 5.26 Å². The molecule has 186 valence electrons. The molecule has 1 aliphatic heterocycles. The molecular formula is C31H36N4O. The van der Waals surface area contributed by atoms with Gasteiger partial charge in [0.2, 0.25) is 0 Å². The zero-order valence-electron chi connectivity index (χ0n) is 21.7. The predicted octanol–water partition coefficient (Wildman–Crippen LogP) is 6.08. The Morgan fingerprint density at radius 3 is 2.47 bits per heavy atom. The highest BCUT2D eigenvalue weighted by molar-refractivity contribution is 5.92. The first-order valence-electron chi connectivity index (χ1n) is 13.0. The molecule has 2 aromatic carbocycles. The Bertz CT molecular complexity index is 1190. The number of nitriles is 1. The van der Waals surface area contributed by atoms with Gasteiger partial charge < -0.3 is 9.80 Å². The number of aryl methyl sites for hydroxylation is 1. The van der Waals surface area contributed by atoms with Crippen LogP contribution in [0, 0.1) is 24.2 Å².